The topological polar surface area (TPSA) is 75.7 Å². The number of nitrogens with zero attached hydrogens (tertiary/aromatic N) is 1. The van der Waals surface area contributed by atoms with E-state index < -0.39 is 38.6 Å². The molecule has 0 spiro atoms. The van der Waals surface area contributed by atoms with Crippen LogP contribution >= 0.6 is 11.8 Å². The highest BCUT2D eigenvalue weighted by Crippen LogP contribution is 2.32. The third-order valence-corrected chi connectivity index (χ3v) is 7.36. The van der Waals surface area contributed by atoms with Crippen LogP contribution in [0.1, 0.15) is 10.4 Å². The Labute approximate surface area is 180 Å². The van der Waals surface area contributed by atoms with Crippen molar-refractivity contribution in [2.45, 2.75) is 16.0 Å². The summed E-state index contributed by atoms with van der Waals surface area (Å²) >= 11 is 0.506. The molecule has 1 amide bonds. The van der Waals surface area contributed by atoms with Gasteiger partial charge in [-0.1, -0.05) is 12.1 Å². The van der Waals surface area contributed by atoms with Gasteiger partial charge in [0.05, 0.1) is 24.7 Å². The molecule has 1 saturated heterocycles. The predicted molar refractivity (Wildman–Crippen MR) is 107 cm³/mol. The van der Waals surface area contributed by atoms with E-state index in [1.807, 2.05) is 0 Å². The van der Waals surface area contributed by atoms with Crippen molar-refractivity contribution in [1.82, 2.24) is 4.31 Å². The molecule has 31 heavy (non-hydrogen) atoms. The fourth-order valence-corrected chi connectivity index (χ4v) is 5.09. The number of sulfonamides is 1. The summed E-state index contributed by atoms with van der Waals surface area (Å²) in [6.07, 6.45) is -4.39. The van der Waals surface area contributed by atoms with E-state index in [-0.39, 0.29) is 42.4 Å². The van der Waals surface area contributed by atoms with Crippen LogP contribution in [0.5, 0.6) is 0 Å². The van der Waals surface area contributed by atoms with Gasteiger partial charge in [0.1, 0.15) is 10.7 Å². The number of benzene rings is 2. The number of rotatable bonds is 6. The van der Waals surface area contributed by atoms with E-state index in [0.29, 0.717) is 11.8 Å². The molecule has 0 bridgehead atoms. The van der Waals surface area contributed by atoms with Crippen LogP contribution in [0, 0.1) is 5.82 Å². The Hall–Kier alpha value is -2.15. The zero-order valence-corrected chi connectivity index (χ0v) is 17.6. The second-order valence-corrected chi connectivity index (χ2v) is 9.44. The average molecular weight is 478 g/mol. The van der Waals surface area contributed by atoms with Gasteiger partial charge in [-0.2, -0.15) is 17.5 Å². The number of morpholine rings is 1. The molecule has 3 rings (SSSR count). The summed E-state index contributed by atoms with van der Waals surface area (Å²) in [5.74, 6) is -2.93. The van der Waals surface area contributed by atoms with Crippen LogP contribution in [0.25, 0.3) is 0 Å². The zero-order chi connectivity index (χ0) is 22.6. The molecule has 0 atom stereocenters. The first-order valence-electron chi connectivity index (χ1n) is 9.05. The monoisotopic (exact) mass is 478 g/mol. The van der Waals surface area contributed by atoms with Gasteiger partial charge in [-0.15, -0.1) is 11.8 Å². The van der Waals surface area contributed by atoms with Gasteiger partial charge in [-0.25, -0.2) is 12.8 Å². The van der Waals surface area contributed by atoms with Crippen LogP contribution in [0.15, 0.2) is 52.3 Å². The fourth-order valence-electron chi connectivity index (χ4n) is 2.82. The normalized spacial score (nSPS) is 15.6. The number of nitrogens with one attached hydrogen (secondary N) is 1. The minimum absolute atomic E-state index is 0.0575. The van der Waals surface area contributed by atoms with E-state index in [2.05, 4.69) is 5.32 Å². The summed E-state index contributed by atoms with van der Waals surface area (Å²) in [6, 6.07) is 8.80. The number of para-hydroxylation sites is 1. The Bertz CT molecular complexity index is 1060. The smallest absolute Gasteiger partial charge is 0.379 e. The lowest BCUT2D eigenvalue weighted by atomic mass is 10.2. The SMILES string of the molecule is O=C(Nc1ccccc1SCC(F)(F)F)c1ccc(F)c(S(=O)(=O)N2CCOCC2)c1. The van der Waals surface area contributed by atoms with Crippen molar-refractivity contribution < 1.29 is 35.5 Å². The highest BCUT2D eigenvalue weighted by Gasteiger charge is 2.30. The van der Waals surface area contributed by atoms with E-state index in [4.69, 9.17) is 4.74 Å². The number of carbonyl (C=O) groups excluding carboxylic acids is 1. The Kier molecular flexibility index (Phi) is 7.24. The number of anilines is 1. The van der Waals surface area contributed by atoms with E-state index in [9.17, 15) is 30.8 Å². The summed E-state index contributed by atoms with van der Waals surface area (Å²) < 4.78 is 83.6. The molecule has 2 aromatic carbocycles. The minimum atomic E-state index is -4.39. The lowest BCUT2D eigenvalue weighted by Crippen LogP contribution is -2.41. The number of halogens is 4. The number of hydrogen-bond acceptors (Lipinski definition) is 5. The van der Waals surface area contributed by atoms with Gasteiger partial charge in [0.15, 0.2) is 0 Å². The Morgan fingerprint density at radius 1 is 1.13 bits per heavy atom. The molecule has 0 saturated carbocycles. The number of thioether (sulfide) groups is 1. The maximum Gasteiger partial charge on any atom is 0.398 e. The highest BCUT2D eigenvalue weighted by molar-refractivity contribution is 7.99. The molecule has 168 valence electrons. The van der Waals surface area contributed by atoms with Gasteiger partial charge in [0.2, 0.25) is 10.0 Å². The molecule has 0 radical (unpaired) electrons. The maximum absolute atomic E-state index is 14.3. The first-order chi connectivity index (χ1) is 14.6. The van der Waals surface area contributed by atoms with Crippen LogP contribution in [0.4, 0.5) is 23.2 Å². The van der Waals surface area contributed by atoms with Crippen molar-refractivity contribution >= 4 is 33.4 Å². The molecule has 6 nitrogen and oxygen atoms in total. The van der Waals surface area contributed by atoms with Crippen LogP contribution in [0.3, 0.4) is 0 Å². The number of hydrogen-bond donors (Lipinski definition) is 1. The lowest BCUT2D eigenvalue weighted by molar-refractivity contribution is -0.105. The van der Waals surface area contributed by atoms with Gasteiger partial charge in [0.25, 0.3) is 5.91 Å². The summed E-state index contributed by atoms with van der Waals surface area (Å²) in [7, 11) is -4.19. The van der Waals surface area contributed by atoms with Crippen molar-refractivity contribution in [3.8, 4) is 0 Å². The van der Waals surface area contributed by atoms with E-state index in [1.165, 1.54) is 24.3 Å². The standard InChI is InChI=1S/C19H18F4N2O4S2/c20-14-6-5-13(11-17(14)31(27,28)25-7-9-29-10-8-25)18(26)24-15-3-1-2-4-16(15)30-12-19(21,22)23/h1-6,11H,7-10,12H2,(H,24,26). The third-order valence-electron chi connectivity index (χ3n) is 4.31. The quantitative estimate of drug-likeness (QED) is 0.506. The second-order valence-electron chi connectivity index (χ2n) is 6.52. The first kappa shape index (κ1) is 23.5. The van der Waals surface area contributed by atoms with Gasteiger partial charge < -0.3 is 10.1 Å². The molecular weight excluding hydrogens is 460 g/mol. The molecule has 1 heterocycles. The van der Waals surface area contributed by atoms with E-state index >= 15 is 0 Å². The zero-order valence-electron chi connectivity index (χ0n) is 16.0. The molecule has 1 aliphatic rings. The fraction of sp³-hybridized carbons (Fsp3) is 0.316. The highest BCUT2D eigenvalue weighted by atomic mass is 32.2. The van der Waals surface area contributed by atoms with E-state index in [0.717, 1.165) is 22.5 Å². The lowest BCUT2D eigenvalue weighted by Gasteiger charge is -2.26. The molecule has 0 aliphatic carbocycles. The summed E-state index contributed by atoms with van der Waals surface area (Å²) in [5.41, 5.74) is -0.0208. The molecule has 2 aromatic rings. The van der Waals surface area contributed by atoms with Crippen LogP contribution < -0.4 is 5.32 Å². The molecular formula is C19H18F4N2O4S2. The number of alkyl halides is 3. The molecule has 12 heteroatoms. The van der Waals surface area contributed by atoms with E-state index in [1.54, 1.807) is 0 Å². The van der Waals surface area contributed by atoms with Crippen LogP contribution in [-0.2, 0) is 14.8 Å². The van der Waals surface area contributed by atoms with Crippen molar-refractivity contribution in [3.05, 3.63) is 53.8 Å². The maximum atomic E-state index is 14.3. The van der Waals surface area contributed by atoms with Crippen molar-refractivity contribution in [3.63, 3.8) is 0 Å². The first-order valence-corrected chi connectivity index (χ1v) is 11.5. The summed E-state index contributed by atoms with van der Waals surface area (Å²) in [5, 5.41) is 2.46. The second kappa shape index (κ2) is 9.55. The molecule has 0 aromatic heterocycles. The molecule has 0 unspecified atom stereocenters. The van der Waals surface area contributed by atoms with Gasteiger partial charge in [-0.3, -0.25) is 4.79 Å². The Balaban J connectivity index is 1.83. The minimum Gasteiger partial charge on any atom is -0.379 e. The third kappa shape index (κ3) is 5.97. The number of ether oxygens (including phenoxy) is 1. The van der Waals surface area contributed by atoms with Crippen molar-refractivity contribution in [2.24, 2.45) is 0 Å². The van der Waals surface area contributed by atoms with Crippen molar-refractivity contribution in [1.29, 1.82) is 0 Å². The largest absolute Gasteiger partial charge is 0.398 e. The summed E-state index contributed by atoms with van der Waals surface area (Å²) in [4.78, 5) is 12.2. The van der Waals surface area contributed by atoms with Gasteiger partial charge >= 0.3 is 6.18 Å². The summed E-state index contributed by atoms with van der Waals surface area (Å²) in [6.45, 7) is 0.463. The number of amides is 1. The van der Waals surface area contributed by atoms with Crippen LogP contribution in [-0.4, -0.2) is 56.9 Å². The molecule has 1 N–H and O–H groups in total. The predicted octanol–water partition coefficient (Wildman–Crippen LogP) is 3.75. The number of carbonyl (C=O) groups is 1. The molecule has 1 fully saturated rings. The van der Waals surface area contributed by atoms with Gasteiger partial charge in [0, 0.05) is 23.5 Å². The van der Waals surface area contributed by atoms with Crippen molar-refractivity contribution in [2.75, 3.05) is 37.4 Å². The molecule has 1 aliphatic heterocycles. The van der Waals surface area contributed by atoms with Crippen LogP contribution in [0.2, 0.25) is 0 Å². The Morgan fingerprint density at radius 3 is 2.48 bits per heavy atom. The van der Waals surface area contributed by atoms with Gasteiger partial charge in [-0.05, 0) is 30.3 Å². The Morgan fingerprint density at radius 2 is 1.81 bits per heavy atom. The average Bonchev–Trinajstić information content (AvgIpc) is 2.73.